The van der Waals surface area contributed by atoms with E-state index in [9.17, 15) is 4.79 Å². The van der Waals surface area contributed by atoms with Gasteiger partial charge in [0.05, 0.1) is 5.92 Å². The molecule has 0 spiro atoms. The lowest BCUT2D eigenvalue weighted by Gasteiger charge is -2.36. The maximum Gasteiger partial charge on any atom is 0.315 e. The summed E-state index contributed by atoms with van der Waals surface area (Å²) >= 11 is 0. The fourth-order valence-electron chi connectivity index (χ4n) is 2.83. The molecular weight excluding hydrogens is 200 g/mol. The summed E-state index contributed by atoms with van der Waals surface area (Å²) in [7, 11) is 0. The number of para-hydroxylation sites is 1. The highest BCUT2D eigenvalue weighted by Gasteiger charge is 2.40. The molecule has 2 heteroatoms. The zero-order valence-corrected chi connectivity index (χ0v) is 9.22. The van der Waals surface area contributed by atoms with Crippen LogP contribution in [0.1, 0.15) is 24.8 Å². The van der Waals surface area contributed by atoms with E-state index in [1.165, 1.54) is 5.56 Å². The van der Waals surface area contributed by atoms with Gasteiger partial charge in [-0.15, -0.1) is 0 Å². The highest BCUT2D eigenvalue weighted by Crippen LogP contribution is 2.45. The zero-order chi connectivity index (χ0) is 11.1. The molecule has 0 N–H and O–H groups in total. The van der Waals surface area contributed by atoms with Crippen LogP contribution in [0.5, 0.6) is 5.75 Å². The fourth-order valence-corrected chi connectivity index (χ4v) is 2.83. The van der Waals surface area contributed by atoms with Gasteiger partial charge in [-0.2, -0.15) is 0 Å². The maximum absolute atomic E-state index is 11.9. The van der Waals surface area contributed by atoms with Gasteiger partial charge in [0.25, 0.3) is 0 Å². The molecule has 0 fully saturated rings. The average Bonchev–Trinajstić information content (AvgIpc) is 2.29. The minimum atomic E-state index is -0.0689. The van der Waals surface area contributed by atoms with Crippen molar-refractivity contribution in [3.8, 4) is 5.75 Å². The third-order valence-electron chi connectivity index (χ3n) is 3.63. The van der Waals surface area contributed by atoms with Gasteiger partial charge in [0.1, 0.15) is 5.75 Å². The Balaban J connectivity index is 2.11. The Hall–Kier alpha value is -1.57. The molecule has 0 aromatic heterocycles. The van der Waals surface area contributed by atoms with E-state index in [0.29, 0.717) is 5.92 Å². The second-order valence-electron chi connectivity index (χ2n) is 4.61. The van der Waals surface area contributed by atoms with Gasteiger partial charge in [-0.05, 0) is 24.0 Å². The smallest absolute Gasteiger partial charge is 0.315 e. The summed E-state index contributed by atoms with van der Waals surface area (Å²) < 4.78 is 5.40. The Morgan fingerprint density at radius 1 is 1.31 bits per heavy atom. The van der Waals surface area contributed by atoms with Crippen LogP contribution in [0, 0.1) is 11.8 Å². The molecule has 1 aliphatic carbocycles. The number of benzene rings is 1. The number of ether oxygens (including phenoxy) is 1. The number of hydrogen-bond acceptors (Lipinski definition) is 2. The van der Waals surface area contributed by atoms with E-state index >= 15 is 0 Å². The molecule has 3 atom stereocenters. The molecule has 0 saturated heterocycles. The van der Waals surface area contributed by atoms with Crippen LogP contribution in [0.15, 0.2) is 36.4 Å². The van der Waals surface area contributed by atoms with E-state index in [2.05, 4.69) is 25.1 Å². The number of carbonyl (C=O) groups is 1. The van der Waals surface area contributed by atoms with Crippen molar-refractivity contribution in [2.24, 2.45) is 11.8 Å². The molecule has 0 radical (unpaired) electrons. The molecular formula is C14H14O2. The third kappa shape index (κ3) is 1.29. The minimum absolute atomic E-state index is 0.0000926. The van der Waals surface area contributed by atoms with Crippen molar-refractivity contribution in [2.45, 2.75) is 19.3 Å². The summed E-state index contributed by atoms with van der Waals surface area (Å²) in [6, 6.07) is 7.88. The Morgan fingerprint density at radius 3 is 3.00 bits per heavy atom. The summed E-state index contributed by atoms with van der Waals surface area (Å²) in [5.74, 6) is 1.26. The van der Waals surface area contributed by atoms with Crippen LogP contribution in [0.3, 0.4) is 0 Å². The second-order valence-corrected chi connectivity index (χ2v) is 4.61. The van der Waals surface area contributed by atoms with Crippen molar-refractivity contribution in [1.82, 2.24) is 0 Å². The first-order valence-corrected chi connectivity index (χ1v) is 5.74. The topological polar surface area (TPSA) is 26.3 Å². The largest absolute Gasteiger partial charge is 0.426 e. The van der Waals surface area contributed by atoms with Crippen LogP contribution in [0.2, 0.25) is 0 Å². The van der Waals surface area contributed by atoms with Crippen LogP contribution in [0.25, 0.3) is 0 Å². The van der Waals surface area contributed by atoms with Gasteiger partial charge in [0, 0.05) is 5.92 Å². The molecule has 0 unspecified atom stereocenters. The number of rotatable bonds is 0. The molecule has 0 amide bonds. The molecule has 0 saturated carbocycles. The number of hydrogen-bond donors (Lipinski definition) is 0. The Bertz CT molecular complexity index is 462. The minimum Gasteiger partial charge on any atom is -0.426 e. The van der Waals surface area contributed by atoms with E-state index < -0.39 is 0 Å². The Morgan fingerprint density at radius 2 is 2.12 bits per heavy atom. The van der Waals surface area contributed by atoms with Crippen molar-refractivity contribution < 1.29 is 9.53 Å². The van der Waals surface area contributed by atoms with Gasteiger partial charge in [0.2, 0.25) is 0 Å². The summed E-state index contributed by atoms with van der Waals surface area (Å²) in [5, 5.41) is 0. The van der Waals surface area contributed by atoms with Gasteiger partial charge in [-0.3, -0.25) is 4.79 Å². The molecule has 1 heterocycles. The molecule has 2 nitrogen and oxygen atoms in total. The van der Waals surface area contributed by atoms with Crippen LogP contribution >= 0.6 is 0 Å². The summed E-state index contributed by atoms with van der Waals surface area (Å²) in [6.45, 7) is 2.09. The average molecular weight is 214 g/mol. The first-order valence-electron chi connectivity index (χ1n) is 5.74. The van der Waals surface area contributed by atoms with Crippen LogP contribution < -0.4 is 4.74 Å². The monoisotopic (exact) mass is 214 g/mol. The zero-order valence-electron chi connectivity index (χ0n) is 9.22. The highest BCUT2D eigenvalue weighted by molar-refractivity contribution is 5.80. The van der Waals surface area contributed by atoms with Gasteiger partial charge in [-0.1, -0.05) is 37.3 Å². The van der Waals surface area contributed by atoms with Gasteiger partial charge >= 0.3 is 5.97 Å². The van der Waals surface area contributed by atoms with Crippen molar-refractivity contribution in [2.75, 3.05) is 0 Å². The lowest BCUT2D eigenvalue weighted by molar-refractivity contribution is -0.142. The Kier molecular flexibility index (Phi) is 2.10. The third-order valence-corrected chi connectivity index (χ3v) is 3.63. The molecule has 16 heavy (non-hydrogen) atoms. The van der Waals surface area contributed by atoms with Crippen molar-refractivity contribution in [1.29, 1.82) is 0 Å². The quantitative estimate of drug-likeness (QED) is 0.377. The predicted octanol–water partition coefficient (Wildman–Crippen LogP) is 2.90. The van der Waals surface area contributed by atoms with Gasteiger partial charge < -0.3 is 4.74 Å². The number of esters is 1. The molecule has 1 aliphatic heterocycles. The molecule has 2 aliphatic rings. The maximum atomic E-state index is 11.9. The molecule has 1 aromatic rings. The highest BCUT2D eigenvalue weighted by atomic mass is 16.5. The van der Waals surface area contributed by atoms with E-state index in [1.807, 2.05) is 18.2 Å². The number of carbonyl (C=O) groups excluding carboxylic acids is 1. The van der Waals surface area contributed by atoms with E-state index in [0.717, 1.165) is 12.2 Å². The lowest BCUT2D eigenvalue weighted by Crippen LogP contribution is -2.36. The first kappa shape index (κ1) is 9.64. The second kappa shape index (κ2) is 3.48. The first-order chi connectivity index (χ1) is 7.77. The predicted molar refractivity (Wildman–Crippen MR) is 61.2 cm³/mol. The van der Waals surface area contributed by atoms with Crippen LogP contribution in [0.4, 0.5) is 0 Å². The van der Waals surface area contributed by atoms with Gasteiger partial charge in [-0.25, -0.2) is 0 Å². The number of fused-ring (bicyclic) bond motifs is 3. The van der Waals surface area contributed by atoms with Crippen LogP contribution in [-0.4, -0.2) is 5.97 Å². The summed E-state index contributed by atoms with van der Waals surface area (Å²) in [6.07, 6.45) is 5.25. The normalized spacial score (nSPS) is 31.6. The number of allylic oxidation sites excluding steroid dienone is 2. The van der Waals surface area contributed by atoms with E-state index in [4.69, 9.17) is 4.74 Å². The fraction of sp³-hybridized carbons (Fsp3) is 0.357. The lowest BCUT2D eigenvalue weighted by atomic mass is 9.72. The summed E-state index contributed by atoms with van der Waals surface area (Å²) in [4.78, 5) is 11.9. The van der Waals surface area contributed by atoms with E-state index in [-0.39, 0.29) is 17.8 Å². The molecule has 1 aromatic carbocycles. The molecule has 3 rings (SSSR count). The molecule has 82 valence electrons. The standard InChI is InChI=1S/C14H14O2/c1-9-5-4-7-11-10-6-2-3-8-12(10)16-14(15)13(9)11/h2-6,8-9,11,13H,7H2,1H3/t9-,11+,13-/m1/s1. The van der Waals surface area contributed by atoms with E-state index in [1.54, 1.807) is 0 Å². The SMILES string of the molecule is C[C@@H]1C=CC[C@H]2c3ccccc3OC(=O)[C@H]12. The van der Waals surface area contributed by atoms with Crippen molar-refractivity contribution in [3.05, 3.63) is 42.0 Å². The van der Waals surface area contributed by atoms with Crippen LogP contribution in [-0.2, 0) is 4.79 Å². The van der Waals surface area contributed by atoms with Gasteiger partial charge in [0.15, 0.2) is 0 Å². The van der Waals surface area contributed by atoms with Crippen molar-refractivity contribution >= 4 is 5.97 Å². The summed E-state index contributed by atoms with van der Waals surface area (Å²) in [5.41, 5.74) is 1.18. The Labute approximate surface area is 94.9 Å². The molecule has 0 bridgehead atoms. The van der Waals surface area contributed by atoms with Crippen molar-refractivity contribution in [3.63, 3.8) is 0 Å².